The van der Waals surface area contributed by atoms with E-state index < -0.39 is 5.92 Å². The summed E-state index contributed by atoms with van der Waals surface area (Å²) in [6, 6.07) is 11.4. The summed E-state index contributed by atoms with van der Waals surface area (Å²) in [6.07, 6.45) is 0.191. The molecule has 2 aromatic rings. The molecule has 3 rings (SSSR count). The highest BCUT2D eigenvalue weighted by Gasteiger charge is 2.30. The van der Waals surface area contributed by atoms with Crippen LogP contribution < -0.4 is 10.6 Å². The predicted molar refractivity (Wildman–Crippen MR) is 86.3 cm³/mol. The summed E-state index contributed by atoms with van der Waals surface area (Å²) < 4.78 is 1.04. The Morgan fingerprint density at radius 2 is 2.14 bits per heavy atom. The maximum Gasteiger partial charge on any atom is 0.228 e. The van der Waals surface area contributed by atoms with Crippen LogP contribution in [-0.2, 0) is 16.1 Å². The number of thiophene rings is 1. The monoisotopic (exact) mass is 364 g/mol. The number of hydrogen-bond acceptors (Lipinski definition) is 3. The SMILES string of the molecule is O=C1CC(C(=O)NCc2ccc(Br)s2)c2ccccc2N1. The topological polar surface area (TPSA) is 58.2 Å². The van der Waals surface area contributed by atoms with Gasteiger partial charge in [-0.2, -0.15) is 0 Å². The van der Waals surface area contributed by atoms with Crippen molar-refractivity contribution >= 4 is 44.8 Å². The normalized spacial score (nSPS) is 17.0. The van der Waals surface area contributed by atoms with E-state index in [9.17, 15) is 9.59 Å². The van der Waals surface area contributed by atoms with Crippen molar-refractivity contribution in [2.75, 3.05) is 5.32 Å². The molecule has 0 spiro atoms. The Morgan fingerprint density at radius 3 is 2.90 bits per heavy atom. The number of rotatable bonds is 3. The molecule has 1 atom stereocenters. The van der Waals surface area contributed by atoms with Crippen molar-refractivity contribution in [3.63, 3.8) is 0 Å². The van der Waals surface area contributed by atoms with Gasteiger partial charge in [0, 0.05) is 17.0 Å². The Kier molecular flexibility index (Phi) is 4.07. The van der Waals surface area contributed by atoms with Crippen LogP contribution in [0.1, 0.15) is 22.8 Å². The molecule has 21 heavy (non-hydrogen) atoms. The maximum absolute atomic E-state index is 12.4. The average Bonchev–Trinajstić information content (AvgIpc) is 2.89. The lowest BCUT2D eigenvalue weighted by Crippen LogP contribution is -2.34. The Labute approximate surface area is 134 Å². The van der Waals surface area contributed by atoms with Crippen molar-refractivity contribution in [2.24, 2.45) is 0 Å². The van der Waals surface area contributed by atoms with E-state index in [-0.39, 0.29) is 18.2 Å². The van der Waals surface area contributed by atoms with Crippen LogP contribution in [0.25, 0.3) is 0 Å². The Hall–Kier alpha value is -1.66. The molecule has 2 amide bonds. The molecular weight excluding hydrogens is 352 g/mol. The van der Waals surface area contributed by atoms with Crippen molar-refractivity contribution in [3.05, 3.63) is 50.6 Å². The number of para-hydroxylation sites is 1. The maximum atomic E-state index is 12.4. The predicted octanol–water partition coefficient (Wildman–Crippen LogP) is 3.25. The highest BCUT2D eigenvalue weighted by Crippen LogP contribution is 2.32. The highest BCUT2D eigenvalue weighted by molar-refractivity contribution is 9.11. The number of carbonyl (C=O) groups excluding carboxylic acids is 2. The largest absolute Gasteiger partial charge is 0.351 e. The summed E-state index contributed by atoms with van der Waals surface area (Å²) >= 11 is 4.98. The second-order valence-corrected chi connectivity index (χ2v) is 7.36. The van der Waals surface area contributed by atoms with Gasteiger partial charge < -0.3 is 10.6 Å². The van der Waals surface area contributed by atoms with Gasteiger partial charge >= 0.3 is 0 Å². The molecule has 1 aliphatic heterocycles. The molecule has 108 valence electrons. The zero-order valence-electron chi connectivity index (χ0n) is 11.1. The van der Waals surface area contributed by atoms with E-state index in [1.165, 1.54) is 0 Å². The lowest BCUT2D eigenvalue weighted by molar-refractivity contribution is -0.126. The molecule has 0 fully saturated rings. The average molecular weight is 365 g/mol. The first-order valence-electron chi connectivity index (χ1n) is 6.54. The third-order valence-corrected chi connectivity index (χ3v) is 5.01. The van der Waals surface area contributed by atoms with Gasteiger partial charge in [-0.05, 0) is 39.7 Å². The minimum atomic E-state index is -0.418. The molecule has 0 radical (unpaired) electrons. The molecule has 0 saturated carbocycles. The molecule has 4 nitrogen and oxygen atoms in total. The molecule has 1 aliphatic rings. The van der Waals surface area contributed by atoms with Crippen LogP contribution in [0.4, 0.5) is 5.69 Å². The standard InChI is InChI=1S/C15H13BrN2O2S/c16-13-6-5-9(21-13)8-17-15(20)11-7-14(19)18-12-4-2-1-3-10(11)12/h1-6,11H,7-8H2,(H,17,20)(H,18,19). The van der Waals surface area contributed by atoms with Crippen LogP contribution in [-0.4, -0.2) is 11.8 Å². The summed E-state index contributed by atoms with van der Waals surface area (Å²) in [5.41, 5.74) is 1.61. The number of nitrogens with one attached hydrogen (secondary N) is 2. The second kappa shape index (κ2) is 5.99. The van der Waals surface area contributed by atoms with Crippen LogP contribution in [0.2, 0.25) is 0 Å². The molecule has 1 unspecified atom stereocenters. The van der Waals surface area contributed by atoms with E-state index in [0.717, 1.165) is 19.9 Å². The second-order valence-electron chi connectivity index (χ2n) is 4.82. The Morgan fingerprint density at radius 1 is 1.33 bits per heavy atom. The minimum absolute atomic E-state index is 0.109. The van der Waals surface area contributed by atoms with Crippen molar-refractivity contribution in [1.29, 1.82) is 0 Å². The molecule has 1 aromatic carbocycles. The molecule has 2 N–H and O–H groups in total. The third kappa shape index (κ3) is 3.16. The minimum Gasteiger partial charge on any atom is -0.351 e. The van der Waals surface area contributed by atoms with E-state index in [4.69, 9.17) is 0 Å². The zero-order valence-corrected chi connectivity index (χ0v) is 13.5. The van der Waals surface area contributed by atoms with Gasteiger partial charge in [0.2, 0.25) is 11.8 Å². The fourth-order valence-corrected chi connectivity index (χ4v) is 3.81. The molecule has 0 bridgehead atoms. The van der Waals surface area contributed by atoms with Crippen LogP contribution in [0.15, 0.2) is 40.2 Å². The first kappa shape index (κ1) is 14.3. The van der Waals surface area contributed by atoms with Gasteiger partial charge in [0.05, 0.1) is 16.2 Å². The number of anilines is 1. The number of hydrogen-bond donors (Lipinski definition) is 2. The van der Waals surface area contributed by atoms with E-state index in [1.807, 2.05) is 36.4 Å². The number of fused-ring (bicyclic) bond motifs is 1. The number of benzene rings is 1. The fourth-order valence-electron chi connectivity index (χ4n) is 2.39. The Bertz CT molecular complexity index is 698. The van der Waals surface area contributed by atoms with E-state index in [1.54, 1.807) is 11.3 Å². The highest BCUT2D eigenvalue weighted by atomic mass is 79.9. The van der Waals surface area contributed by atoms with Gasteiger partial charge in [-0.3, -0.25) is 9.59 Å². The first-order valence-corrected chi connectivity index (χ1v) is 8.15. The smallest absolute Gasteiger partial charge is 0.228 e. The fraction of sp³-hybridized carbons (Fsp3) is 0.200. The summed E-state index contributed by atoms with van der Waals surface area (Å²) in [7, 11) is 0. The molecular formula is C15H13BrN2O2S. The van der Waals surface area contributed by atoms with Gasteiger partial charge in [0.25, 0.3) is 0 Å². The van der Waals surface area contributed by atoms with Crippen LogP contribution in [0.5, 0.6) is 0 Å². The summed E-state index contributed by atoms with van der Waals surface area (Å²) in [6.45, 7) is 0.482. The lowest BCUT2D eigenvalue weighted by atomic mass is 9.90. The number of carbonyl (C=O) groups is 2. The van der Waals surface area contributed by atoms with Crippen molar-refractivity contribution in [1.82, 2.24) is 5.32 Å². The molecule has 0 saturated heterocycles. The zero-order chi connectivity index (χ0) is 14.8. The number of amides is 2. The lowest BCUT2D eigenvalue weighted by Gasteiger charge is -2.24. The van der Waals surface area contributed by atoms with Gasteiger partial charge in [-0.25, -0.2) is 0 Å². The van der Waals surface area contributed by atoms with Crippen molar-refractivity contribution in [2.45, 2.75) is 18.9 Å². The van der Waals surface area contributed by atoms with Crippen LogP contribution >= 0.6 is 27.3 Å². The van der Waals surface area contributed by atoms with Gasteiger partial charge in [-0.15, -0.1) is 11.3 Å². The van der Waals surface area contributed by atoms with Gasteiger partial charge in [0.1, 0.15) is 0 Å². The molecule has 6 heteroatoms. The van der Waals surface area contributed by atoms with Crippen LogP contribution in [0, 0.1) is 0 Å². The van der Waals surface area contributed by atoms with Crippen LogP contribution in [0.3, 0.4) is 0 Å². The molecule has 1 aromatic heterocycles. The molecule has 0 aliphatic carbocycles. The number of halogens is 1. The quantitative estimate of drug-likeness (QED) is 0.877. The summed E-state index contributed by atoms with van der Waals surface area (Å²) in [4.78, 5) is 25.2. The van der Waals surface area contributed by atoms with E-state index in [2.05, 4.69) is 26.6 Å². The van der Waals surface area contributed by atoms with Gasteiger partial charge in [0.15, 0.2) is 0 Å². The molecule has 2 heterocycles. The Balaban J connectivity index is 1.74. The van der Waals surface area contributed by atoms with Gasteiger partial charge in [-0.1, -0.05) is 18.2 Å². The van der Waals surface area contributed by atoms with E-state index >= 15 is 0 Å². The van der Waals surface area contributed by atoms with Crippen molar-refractivity contribution in [3.8, 4) is 0 Å². The van der Waals surface area contributed by atoms with E-state index in [0.29, 0.717) is 6.54 Å². The van der Waals surface area contributed by atoms with Crippen molar-refractivity contribution < 1.29 is 9.59 Å². The third-order valence-electron chi connectivity index (χ3n) is 3.38. The summed E-state index contributed by atoms with van der Waals surface area (Å²) in [5, 5.41) is 5.71. The first-order chi connectivity index (χ1) is 10.1. The summed E-state index contributed by atoms with van der Waals surface area (Å²) in [5.74, 6) is -0.645.